The normalized spacial score (nSPS) is 15.7. The number of benzene rings is 1. The maximum Gasteiger partial charge on any atom is 0.270 e. The van der Waals surface area contributed by atoms with Crippen LogP contribution in [0.5, 0.6) is 0 Å². The van der Waals surface area contributed by atoms with Crippen molar-refractivity contribution < 1.29 is 4.79 Å². The number of amides is 1. The van der Waals surface area contributed by atoms with Crippen molar-refractivity contribution in [2.75, 3.05) is 4.90 Å². The van der Waals surface area contributed by atoms with Crippen molar-refractivity contribution in [2.45, 2.75) is 25.4 Å². The van der Waals surface area contributed by atoms with E-state index in [0.29, 0.717) is 18.4 Å². The molecule has 1 fully saturated rings. The summed E-state index contributed by atoms with van der Waals surface area (Å²) in [6, 6.07) is 16.4. The van der Waals surface area contributed by atoms with Gasteiger partial charge >= 0.3 is 0 Å². The average Bonchev–Trinajstić information content (AvgIpc) is 3.20. The molecule has 6 nitrogen and oxygen atoms in total. The van der Waals surface area contributed by atoms with Gasteiger partial charge in [-0.2, -0.15) is 0 Å². The zero-order chi connectivity index (χ0) is 19.4. The number of rotatable bonds is 4. The molecule has 0 bridgehead atoms. The number of aromatic nitrogens is 4. The fourth-order valence-electron chi connectivity index (χ4n) is 3.86. The molecule has 0 radical (unpaired) electrons. The van der Waals surface area contributed by atoms with Crippen LogP contribution in [0.15, 0.2) is 60.2 Å². The molecule has 3 aromatic heterocycles. The average molecular weight is 399 g/mol. The molecule has 1 saturated carbocycles. The molecule has 2 aliphatic rings. The number of thiophene rings is 1. The van der Waals surface area contributed by atoms with Gasteiger partial charge in [0.25, 0.3) is 5.91 Å². The van der Waals surface area contributed by atoms with Crippen molar-refractivity contribution in [3.05, 3.63) is 70.7 Å². The van der Waals surface area contributed by atoms with E-state index in [2.05, 4.69) is 32.3 Å². The highest BCUT2D eigenvalue weighted by atomic mass is 32.1. The number of hydrogen-bond donors (Lipinski definition) is 0. The lowest BCUT2D eigenvalue weighted by Crippen LogP contribution is -2.24. The summed E-state index contributed by atoms with van der Waals surface area (Å²) in [5, 5.41) is 10.4. The number of fused-ring (bicyclic) bond motifs is 1. The van der Waals surface area contributed by atoms with Crippen molar-refractivity contribution in [2.24, 2.45) is 0 Å². The standard InChI is InChI=1S/C22H17N5OS/c28-22-20-16(17(12-29-20)14-5-2-1-3-6-14)11-26(22)19-8-4-7-18(24-19)21-25-23-13-27(21)15-9-10-15/h1-8,12-13,15H,9-11H2. The van der Waals surface area contributed by atoms with E-state index in [1.165, 1.54) is 11.3 Å². The van der Waals surface area contributed by atoms with Crippen molar-refractivity contribution in [3.8, 4) is 22.6 Å². The van der Waals surface area contributed by atoms with Crippen LogP contribution in [0, 0.1) is 0 Å². The van der Waals surface area contributed by atoms with Crippen LogP contribution >= 0.6 is 11.3 Å². The monoisotopic (exact) mass is 399 g/mol. The fraction of sp³-hybridized carbons (Fsp3) is 0.182. The Morgan fingerprint density at radius 2 is 1.90 bits per heavy atom. The summed E-state index contributed by atoms with van der Waals surface area (Å²) in [4.78, 5) is 20.4. The molecule has 142 valence electrons. The Kier molecular flexibility index (Phi) is 3.64. The largest absolute Gasteiger partial charge is 0.309 e. The topological polar surface area (TPSA) is 63.9 Å². The Morgan fingerprint density at radius 3 is 2.72 bits per heavy atom. The van der Waals surface area contributed by atoms with Crippen molar-refractivity contribution in [1.82, 2.24) is 19.7 Å². The van der Waals surface area contributed by atoms with Crippen molar-refractivity contribution in [1.29, 1.82) is 0 Å². The summed E-state index contributed by atoms with van der Waals surface area (Å²) in [5.41, 5.74) is 4.10. The molecular formula is C22H17N5OS. The maximum absolute atomic E-state index is 13.1. The molecule has 1 aliphatic carbocycles. The molecule has 0 saturated heterocycles. The molecular weight excluding hydrogens is 382 g/mol. The molecule has 4 aromatic rings. The molecule has 1 aliphatic heterocycles. The summed E-state index contributed by atoms with van der Waals surface area (Å²) in [7, 11) is 0. The van der Waals surface area contributed by atoms with E-state index in [1.807, 2.05) is 36.4 Å². The van der Waals surface area contributed by atoms with Gasteiger partial charge in [0.05, 0.1) is 11.4 Å². The van der Waals surface area contributed by atoms with Gasteiger partial charge in [0.1, 0.15) is 17.8 Å². The third-order valence-corrected chi connectivity index (χ3v) is 6.50. The smallest absolute Gasteiger partial charge is 0.270 e. The zero-order valence-corrected chi connectivity index (χ0v) is 16.3. The molecule has 29 heavy (non-hydrogen) atoms. The lowest BCUT2D eigenvalue weighted by Gasteiger charge is -2.16. The van der Waals surface area contributed by atoms with Gasteiger partial charge in [-0.1, -0.05) is 36.4 Å². The van der Waals surface area contributed by atoms with E-state index < -0.39 is 0 Å². The highest BCUT2D eigenvalue weighted by Gasteiger charge is 2.34. The molecule has 6 rings (SSSR count). The van der Waals surface area contributed by atoms with Gasteiger partial charge in [-0.15, -0.1) is 21.5 Å². The summed E-state index contributed by atoms with van der Waals surface area (Å²) in [6.45, 7) is 0.535. The van der Waals surface area contributed by atoms with Crippen LogP contribution in [0.4, 0.5) is 5.82 Å². The second kappa shape index (κ2) is 6.35. The number of nitrogens with zero attached hydrogens (tertiary/aromatic N) is 5. The van der Waals surface area contributed by atoms with Crippen molar-refractivity contribution in [3.63, 3.8) is 0 Å². The van der Waals surface area contributed by atoms with E-state index in [0.717, 1.165) is 45.9 Å². The van der Waals surface area contributed by atoms with Crippen LogP contribution in [0.1, 0.15) is 34.1 Å². The first kappa shape index (κ1) is 16.6. The second-order valence-electron chi connectivity index (χ2n) is 7.39. The van der Waals surface area contributed by atoms with E-state index in [4.69, 9.17) is 4.98 Å². The van der Waals surface area contributed by atoms with E-state index in [-0.39, 0.29) is 5.91 Å². The van der Waals surface area contributed by atoms with Gasteiger partial charge in [0, 0.05) is 11.6 Å². The van der Waals surface area contributed by atoms with E-state index in [1.54, 1.807) is 11.2 Å². The van der Waals surface area contributed by atoms with E-state index >= 15 is 0 Å². The third kappa shape index (κ3) is 2.69. The summed E-state index contributed by atoms with van der Waals surface area (Å²) in [6.07, 6.45) is 4.07. The first-order valence-corrected chi connectivity index (χ1v) is 10.5. The predicted octanol–water partition coefficient (Wildman–Crippen LogP) is 4.56. The van der Waals surface area contributed by atoms with Crippen LogP contribution in [0.2, 0.25) is 0 Å². The van der Waals surface area contributed by atoms with Crippen LogP contribution < -0.4 is 4.90 Å². The Labute approximate surface area is 171 Å². The SMILES string of the molecule is O=C1c2scc(-c3ccccc3)c2CN1c1cccc(-c2nncn2C2CC2)n1. The van der Waals surface area contributed by atoms with Crippen LogP contribution in [-0.2, 0) is 6.54 Å². The number of anilines is 1. The third-order valence-electron chi connectivity index (χ3n) is 5.49. The highest BCUT2D eigenvalue weighted by Crippen LogP contribution is 2.40. The summed E-state index contributed by atoms with van der Waals surface area (Å²) >= 11 is 1.51. The fourth-order valence-corrected chi connectivity index (χ4v) is 4.90. The number of carbonyl (C=O) groups excluding carboxylic acids is 1. The molecule has 0 atom stereocenters. The minimum Gasteiger partial charge on any atom is -0.309 e. The minimum atomic E-state index is 0.0143. The van der Waals surface area contributed by atoms with Crippen LogP contribution in [-0.4, -0.2) is 25.7 Å². The Hall–Kier alpha value is -3.32. The minimum absolute atomic E-state index is 0.0143. The maximum atomic E-state index is 13.1. The molecule has 1 aromatic carbocycles. The second-order valence-corrected chi connectivity index (χ2v) is 8.27. The number of hydrogen-bond acceptors (Lipinski definition) is 5. The lowest BCUT2D eigenvalue weighted by molar-refractivity contribution is 0.0999. The lowest BCUT2D eigenvalue weighted by atomic mass is 10.0. The molecule has 7 heteroatoms. The zero-order valence-electron chi connectivity index (χ0n) is 15.5. The van der Waals surface area contributed by atoms with Crippen LogP contribution in [0.3, 0.4) is 0 Å². The molecule has 0 N–H and O–H groups in total. The molecule has 0 spiro atoms. The highest BCUT2D eigenvalue weighted by molar-refractivity contribution is 7.13. The number of pyridine rings is 1. The predicted molar refractivity (Wildman–Crippen MR) is 112 cm³/mol. The van der Waals surface area contributed by atoms with Crippen molar-refractivity contribution >= 4 is 23.1 Å². The van der Waals surface area contributed by atoms with Gasteiger partial charge < -0.3 is 4.57 Å². The quantitative estimate of drug-likeness (QED) is 0.504. The van der Waals surface area contributed by atoms with Gasteiger partial charge in [0.15, 0.2) is 5.82 Å². The summed E-state index contributed by atoms with van der Waals surface area (Å²) in [5.74, 6) is 1.43. The Balaban J connectivity index is 1.36. The van der Waals surface area contributed by atoms with Gasteiger partial charge in [-0.05, 0) is 41.5 Å². The van der Waals surface area contributed by atoms with Gasteiger partial charge in [-0.3, -0.25) is 9.69 Å². The summed E-state index contributed by atoms with van der Waals surface area (Å²) < 4.78 is 2.09. The first-order valence-electron chi connectivity index (χ1n) is 9.64. The van der Waals surface area contributed by atoms with E-state index in [9.17, 15) is 4.79 Å². The van der Waals surface area contributed by atoms with Crippen LogP contribution in [0.25, 0.3) is 22.6 Å². The molecule has 4 heterocycles. The van der Waals surface area contributed by atoms with Gasteiger partial charge in [-0.25, -0.2) is 4.98 Å². The first-order chi connectivity index (χ1) is 14.3. The Bertz CT molecular complexity index is 1230. The number of carbonyl (C=O) groups is 1. The van der Waals surface area contributed by atoms with Gasteiger partial charge in [0.2, 0.25) is 0 Å². The molecule has 0 unspecified atom stereocenters. The Morgan fingerprint density at radius 1 is 1.03 bits per heavy atom. The molecule has 1 amide bonds.